The fourth-order valence-electron chi connectivity index (χ4n) is 0.664. The molecule has 1 aliphatic rings. The van der Waals surface area contributed by atoms with Crippen LogP contribution in [0.25, 0.3) is 0 Å². The molecule has 0 saturated carbocycles. The number of hydrazone groups is 1. The van der Waals surface area contributed by atoms with Gasteiger partial charge < -0.3 is 10.2 Å². The molecule has 0 spiro atoms. The lowest BCUT2D eigenvalue weighted by molar-refractivity contribution is 0.394. The summed E-state index contributed by atoms with van der Waals surface area (Å²) in [7, 11) is 1.64. The van der Waals surface area contributed by atoms with Gasteiger partial charge in [0.2, 0.25) is 5.90 Å². The first-order valence-electron chi connectivity index (χ1n) is 2.69. The van der Waals surface area contributed by atoms with E-state index in [0.29, 0.717) is 6.04 Å². The van der Waals surface area contributed by atoms with Crippen molar-refractivity contribution >= 4 is 5.90 Å². The highest BCUT2D eigenvalue weighted by atomic mass is 16.5. The number of hydrogen-bond donors (Lipinski definition) is 1. The molecular formula is C5H10N2O. The van der Waals surface area contributed by atoms with Crippen LogP contribution in [0.3, 0.4) is 0 Å². The van der Waals surface area contributed by atoms with E-state index >= 15 is 0 Å². The van der Waals surface area contributed by atoms with Crippen molar-refractivity contribution in [3.63, 3.8) is 0 Å². The first kappa shape index (κ1) is 5.41. The van der Waals surface area contributed by atoms with Crippen molar-refractivity contribution in [3.05, 3.63) is 0 Å². The van der Waals surface area contributed by atoms with E-state index in [4.69, 9.17) is 4.74 Å². The smallest absolute Gasteiger partial charge is 0.207 e. The van der Waals surface area contributed by atoms with E-state index < -0.39 is 0 Å². The van der Waals surface area contributed by atoms with Crippen molar-refractivity contribution in [2.75, 3.05) is 7.11 Å². The number of methoxy groups -OCH3 is 1. The predicted molar refractivity (Wildman–Crippen MR) is 31.7 cm³/mol. The number of hydrogen-bond acceptors (Lipinski definition) is 3. The average molecular weight is 114 g/mol. The molecule has 0 radical (unpaired) electrons. The lowest BCUT2D eigenvalue weighted by atomic mass is 10.3. The van der Waals surface area contributed by atoms with Crippen molar-refractivity contribution in [1.29, 1.82) is 0 Å². The van der Waals surface area contributed by atoms with E-state index in [0.717, 1.165) is 12.3 Å². The van der Waals surface area contributed by atoms with Crippen molar-refractivity contribution in [3.8, 4) is 0 Å². The van der Waals surface area contributed by atoms with Crippen molar-refractivity contribution in [2.45, 2.75) is 19.4 Å². The second-order valence-corrected chi connectivity index (χ2v) is 1.94. The van der Waals surface area contributed by atoms with E-state index in [1.807, 2.05) is 0 Å². The molecule has 0 fully saturated rings. The highest BCUT2D eigenvalue weighted by molar-refractivity contribution is 5.77. The van der Waals surface area contributed by atoms with Crippen LogP contribution >= 0.6 is 0 Å². The number of nitrogens with zero attached hydrogens (tertiary/aromatic N) is 1. The molecule has 1 rings (SSSR count). The predicted octanol–water partition coefficient (Wildman–Crippen LogP) is 0.328. The fourth-order valence-corrected chi connectivity index (χ4v) is 0.664. The van der Waals surface area contributed by atoms with Crippen LogP contribution in [-0.4, -0.2) is 19.0 Å². The Labute approximate surface area is 48.7 Å². The molecule has 1 heterocycles. The van der Waals surface area contributed by atoms with Crippen LogP contribution in [0, 0.1) is 0 Å². The van der Waals surface area contributed by atoms with Crippen LogP contribution in [-0.2, 0) is 4.74 Å². The fraction of sp³-hybridized carbons (Fsp3) is 0.800. The molecule has 8 heavy (non-hydrogen) atoms. The Kier molecular flexibility index (Phi) is 1.37. The molecule has 3 heteroatoms. The summed E-state index contributed by atoms with van der Waals surface area (Å²) in [6, 6.07) is 0.449. The molecule has 1 aliphatic heterocycles. The number of nitrogens with one attached hydrogen (secondary N) is 1. The Morgan fingerprint density at radius 3 is 2.88 bits per heavy atom. The van der Waals surface area contributed by atoms with Gasteiger partial charge in [0, 0.05) is 6.42 Å². The quantitative estimate of drug-likeness (QED) is 0.492. The van der Waals surface area contributed by atoms with Gasteiger partial charge in [-0.3, -0.25) is 0 Å². The maximum Gasteiger partial charge on any atom is 0.207 e. The third-order valence-corrected chi connectivity index (χ3v) is 1.13. The maximum absolute atomic E-state index is 4.87. The Balaban J connectivity index is 2.37. The molecule has 0 amide bonds. The molecule has 0 aromatic carbocycles. The molecular weight excluding hydrogens is 104 g/mol. The summed E-state index contributed by atoms with van der Waals surface area (Å²) >= 11 is 0. The minimum Gasteiger partial charge on any atom is -0.483 e. The highest BCUT2D eigenvalue weighted by Crippen LogP contribution is 2.00. The van der Waals surface area contributed by atoms with Gasteiger partial charge in [0.25, 0.3) is 0 Å². The Morgan fingerprint density at radius 2 is 2.62 bits per heavy atom. The molecule has 46 valence electrons. The normalized spacial score (nSPS) is 26.8. The topological polar surface area (TPSA) is 33.6 Å². The van der Waals surface area contributed by atoms with Gasteiger partial charge in [-0.15, -0.1) is 5.10 Å². The lowest BCUT2D eigenvalue weighted by Crippen LogP contribution is -2.13. The van der Waals surface area contributed by atoms with Gasteiger partial charge in [-0.2, -0.15) is 0 Å². The van der Waals surface area contributed by atoms with E-state index in [2.05, 4.69) is 17.5 Å². The highest BCUT2D eigenvalue weighted by Gasteiger charge is 2.12. The van der Waals surface area contributed by atoms with Gasteiger partial charge in [0.1, 0.15) is 0 Å². The zero-order valence-corrected chi connectivity index (χ0v) is 5.14. The first-order chi connectivity index (χ1) is 3.83. The Hall–Kier alpha value is -0.730. The van der Waals surface area contributed by atoms with Crippen LogP contribution in [0.1, 0.15) is 13.3 Å². The zero-order valence-electron chi connectivity index (χ0n) is 5.14. The number of ether oxygens (including phenoxy) is 1. The molecule has 1 unspecified atom stereocenters. The minimum atomic E-state index is 0.449. The summed E-state index contributed by atoms with van der Waals surface area (Å²) in [5.41, 5.74) is 2.88. The molecule has 3 nitrogen and oxygen atoms in total. The van der Waals surface area contributed by atoms with E-state index in [9.17, 15) is 0 Å². The molecule has 0 aliphatic carbocycles. The molecule has 1 atom stereocenters. The largest absolute Gasteiger partial charge is 0.483 e. The van der Waals surface area contributed by atoms with Crippen LogP contribution in [0.15, 0.2) is 5.10 Å². The van der Waals surface area contributed by atoms with Crippen LogP contribution in [0.5, 0.6) is 0 Å². The van der Waals surface area contributed by atoms with Gasteiger partial charge in [-0.1, -0.05) is 0 Å². The summed E-state index contributed by atoms with van der Waals surface area (Å²) in [4.78, 5) is 0. The van der Waals surface area contributed by atoms with Crippen molar-refractivity contribution in [1.82, 2.24) is 5.43 Å². The monoisotopic (exact) mass is 114 g/mol. The molecule has 0 saturated heterocycles. The van der Waals surface area contributed by atoms with E-state index in [1.54, 1.807) is 7.11 Å². The standard InChI is InChI=1S/C5H10N2O/c1-4-3-5(8-2)7-6-4/h4,6H,3H2,1-2H3. The van der Waals surface area contributed by atoms with Gasteiger partial charge in [0.15, 0.2) is 0 Å². The summed E-state index contributed by atoms with van der Waals surface area (Å²) in [5.74, 6) is 0.803. The van der Waals surface area contributed by atoms with Crippen LogP contribution in [0.4, 0.5) is 0 Å². The summed E-state index contributed by atoms with van der Waals surface area (Å²) in [5, 5.41) is 3.88. The molecule has 0 aromatic rings. The summed E-state index contributed by atoms with van der Waals surface area (Å²) < 4.78 is 4.87. The van der Waals surface area contributed by atoms with Gasteiger partial charge in [-0.25, -0.2) is 0 Å². The van der Waals surface area contributed by atoms with Crippen LogP contribution in [0.2, 0.25) is 0 Å². The third kappa shape index (κ3) is 0.911. The third-order valence-electron chi connectivity index (χ3n) is 1.13. The van der Waals surface area contributed by atoms with Crippen molar-refractivity contribution in [2.24, 2.45) is 5.10 Å². The van der Waals surface area contributed by atoms with E-state index in [-0.39, 0.29) is 0 Å². The molecule has 0 aromatic heterocycles. The average Bonchev–Trinajstić information content (AvgIpc) is 2.14. The second kappa shape index (κ2) is 2.03. The summed E-state index contributed by atoms with van der Waals surface area (Å²) in [6.07, 6.45) is 0.913. The van der Waals surface area contributed by atoms with Crippen LogP contribution < -0.4 is 5.43 Å². The van der Waals surface area contributed by atoms with Gasteiger partial charge in [0.05, 0.1) is 13.2 Å². The molecule has 1 N–H and O–H groups in total. The minimum absolute atomic E-state index is 0.449. The number of rotatable bonds is 0. The van der Waals surface area contributed by atoms with E-state index in [1.165, 1.54) is 0 Å². The zero-order chi connectivity index (χ0) is 5.98. The first-order valence-corrected chi connectivity index (χ1v) is 2.69. The van der Waals surface area contributed by atoms with Crippen molar-refractivity contribution < 1.29 is 4.74 Å². The van der Waals surface area contributed by atoms with Gasteiger partial charge in [-0.05, 0) is 6.92 Å². The molecule has 0 bridgehead atoms. The summed E-state index contributed by atoms with van der Waals surface area (Å²) in [6.45, 7) is 2.06. The lowest BCUT2D eigenvalue weighted by Gasteiger charge is -1.96. The maximum atomic E-state index is 4.87. The Bertz CT molecular complexity index is 111. The second-order valence-electron chi connectivity index (χ2n) is 1.94. The SMILES string of the molecule is COC1=NNC(C)C1. The Morgan fingerprint density at radius 1 is 1.88 bits per heavy atom. The van der Waals surface area contributed by atoms with Gasteiger partial charge >= 0.3 is 0 Å².